The lowest BCUT2D eigenvalue weighted by Gasteiger charge is -2.27. The Morgan fingerprint density at radius 2 is 2.12 bits per heavy atom. The van der Waals surface area contributed by atoms with Crippen LogP contribution in [-0.2, 0) is 0 Å². The van der Waals surface area contributed by atoms with Crippen LogP contribution in [0.1, 0.15) is 51.9 Å². The van der Waals surface area contributed by atoms with Crippen molar-refractivity contribution in [1.29, 1.82) is 0 Å². The molecule has 0 aliphatic heterocycles. The molecule has 0 fully saturated rings. The maximum Gasteiger partial charge on any atom is 0.111 e. The van der Waals surface area contributed by atoms with Gasteiger partial charge in [-0.2, -0.15) is 0 Å². The SMILES string of the molecule is CC(C)c1nccn1C(C)CC(C)(O)CN. The third kappa shape index (κ3) is 3.06. The van der Waals surface area contributed by atoms with Crippen LogP contribution in [0, 0.1) is 0 Å². The van der Waals surface area contributed by atoms with Crippen molar-refractivity contribution in [3.63, 3.8) is 0 Å². The monoisotopic (exact) mass is 225 g/mol. The molecule has 4 nitrogen and oxygen atoms in total. The molecule has 0 aliphatic carbocycles. The summed E-state index contributed by atoms with van der Waals surface area (Å²) in [5, 5.41) is 9.96. The second-order valence-electron chi connectivity index (χ2n) is 5.10. The van der Waals surface area contributed by atoms with Gasteiger partial charge in [-0.1, -0.05) is 13.8 Å². The Morgan fingerprint density at radius 1 is 1.50 bits per heavy atom. The second-order valence-corrected chi connectivity index (χ2v) is 5.10. The average molecular weight is 225 g/mol. The van der Waals surface area contributed by atoms with Crippen LogP contribution in [0.5, 0.6) is 0 Å². The number of aromatic nitrogens is 2. The topological polar surface area (TPSA) is 64.1 Å². The molecule has 0 aliphatic rings. The molecule has 0 radical (unpaired) electrons. The van der Waals surface area contributed by atoms with Crippen LogP contribution < -0.4 is 5.73 Å². The fourth-order valence-corrected chi connectivity index (χ4v) is 1.96. The molecule has 2 unspecified atom stereocenters. The summed E-state index contributed by atoms with van der Waals surface area (Å²) in [5.74, 6) is 1.44. The van der Waals surface area contributed by atoms with Crippen molar-refractivity contribution in [2.24, 2.45) is 5.73 Å². The van der Waals surface area contributed by atoms with Crippen molar-refractivity contribution in [1.82, 2.24) is 9.55 Å². The minimum atomic E-state index is -0.808. The molecule has 1 aromatic rings. The highest BCUT2D eigenvalue weighted by Crippen LogP contribution is 2.23. The van der Waals surface area contributed by atoms with E-state index in [9.17, 15) is 5.11 Å². The lowest BCUT2D eigenvalue weighted by atomic mass is 9.97. The highest BCUT2D eigenvalue weighted by atomic mass is 16.3. The number of imidazole rings is 1. The molecule has 0 amide bonds. The molecule has 3 N–H and O–H groups in total. The normalized spacial score (nSPS) is 17.4. The highest BCUT2D eigenvalue weighted by molar-refractivity contribution is 5.00. The van der Waals surface area contributed by atoms with Crippen LogP contribution in [0.2, 0.25) is 0 Å². The molecule has 92 valence electrons. The first-order chi connectivity index (χ1) is 7.37. The minimum Gasteiger partial charge on any atom is -0.389 e. The van der Waals surface area contributed by atoms with E-state index in [1.54, 1.807) is 6.92 Å². The molecule has 1 aromatic heterocycles. The van der Waals surface area contributed by atoms with Gasteiger partial charge in [0.15, 0.2) is 0 Å². The lowest BCUT2D eigenvalue weighted by Crippen LogP contribution is -2.36. The first-order valence-corrected chi connectivity index (χ1v) is 5.82. The van der Waals surface area contributed by atoms with Gasteiger partial charge in [0.05, 0.1) is 5.60 Å². The maximum atomic E-state index is 9.96. The van der Waals surface area contributed by atoms with E-state index in [-0.39, 0.29) is 12.6 Å². The summed E-state index contributed by atoms with van der Waals surface area (Å²) in [7, 11) is 0. The van der Waals surface area contributed by atoms with Gasteiger partial charge in [0, 0.05) is 30.9 Å². The number of aliphatic hydroxyl groups is 1. The smallest absolute Gasteiger partial charge is 0.111 e. The molecule has 0 spiro atoms. The fourth-order valence-electron chi connectivity index (χ4n) is 1.96. The van der Waals surface area contributed by atoms with Crippen molar-refractivity contribution >= 4 is 0 Å². The zero-order chi connectivity index (χ0) is 12.3. The van der Waals surface area contributed by atoms with Crippen LogP contribution in [-0.4, -0.2) is 26.8 Å². The fraction of sp³-hybridized carbons (Fsp3) is 0.750. The summed E-state index contributed by atoms with van der Waals surface area (Å²) in [5.41, 5.74) is 4.72. The van der Waals surface area contributed by atoms with E-state index < -0.39 is 5.60 Å². The van der Waals surface area contributed by atoms with Gasteiger partial charge in [-0.15, -0.1) is 0 Å². The van der Waals surface area contributed by atoms with Crippen LogP contribution in [0.25, 0.3) is 0 Å². The molecule has 2 atom stereocenters. The van der Waals surface area contributed by atoms with Crippen molar-refractivity contribution < 1.29 is 5.11 Å². The Kier molecular flexibility index (Phi) is 4.10. The van der Waals surface area contributed by atoms with E-state index in [0.29, 0.717) is 12.3 Å². The Hall–Kier alpha value is -0.870. The van der Waals surface area contributed by atoms with Gasteiger partial charge >= 0.3 is 0 Å². The summed E-state index contributed by atoms with van der Waals surface area (Å²) < 4.78 is 2.12. The molecule has 0 bridgehead atoms. The van der Waals surface area contributed by atoms with E-state index in [0.717, 1.165) is 5.82 Å². The number of rotatable bonds is 5. The third-order valence-electron chi connectivity index (χ3n) is 2.86. The van der Waals surface area contributed by atoms with Crippen molar-refractivity contribution in [2.45, 2.75) is 51.7 Å². The molecule has 4 heteroatoms. The lowest BCUT2D eigenvalue weighted by molar-refractivity contribution is 0.0460. The van der Waals surface area contributed by atoms with Gasteiger partial charge in [0.2, 0.25) is 0 Å². The highest BCUT2D eigenvalue weighted by Gasteiger charge is 2.23. The molecule has 0 saturated heterocycles. The van der Waals surface area contributed by atoms with Crippen molar-refractivity contribution in [2.75, 3.05) is 6.54 Å². The van der Waals surface area contributed by atoms with Gasteiger partial charge < -0.3 is 15.4 Å². The predicted octanol–water partition coefficient (Wildman–Crippen LogP) is 1.67. The first kappa shape index (κ1) is 13.2. The maximum absolute atomic E-state index is 9.96. The predicted molar refractivity (Wildman–Crippen MR) is 65.3 cm³/mol. The van der Waals surface area contributed by atoms with Gasteiger partial charge in [0.25, 0.3) is 0 Å². The zero-order valence-corrected chi connectivity index (χ0v) is 10.6. The van der Waals surface area contributed by atoms with E-state index in [4.69, 9.17) is 5.73 Å². The quantitative estimate of drug-likeness (QED) is 0.801. The van der Waals surface area contributed by atoms with E-state index in [2.05, 4.69) is 30.3 Å². The standard InChI is InChI=1S/C12H23N3O/c1-9(2)11-14-5-6-15(11)10(3)7-12(4,16)8-13/h5-6,9-10,16H,7-8,13H2,1-4H3. The Labute approximate surface area is 97.5 Å². The van der Waals surface area contributed by atoms with E-state index >= 15 is 0 Å². The van der Waals surface area contributed by atoms with Crippen LogP contribution in [0.15, 0.2) is 12.4 Å². The second kappa shape index (κ2) is 4.97. The molecule has 0 saturated carbocycles. The summed E-state index contributed by atoms with van der Waals surface area (Å²) in [4.78, 5) is 4.34. The van der Waals surface area contributed by atoms with Crippen LogP contribution in [0.3, 0.4) is 0 Å². The number of hydrogen-bond donors (Lipinski definition) is 2. The molecular formula is C12H23N3O. The first-order valence-electron chi connectivity index (χ1n) is 5.82. The van der Waals surface area contributed by atoms with Gasteiger partial charge in [-0.05, 0) is 20.3 Å². The van der Waals surface area contributed by atoms with Crippen LogP contribution in [0.4, 0.5) is 0 Å². The van der Waals surface area contributed by atoms with E-state index in [1.165, 1.54) is 0 Å². The molecule has 0 aromatic carbocycles. The third-order valence-corrected chi connectivity index (χ3v) is 2.86. The summed E-state index contributed by atoms with van der Waals surface area (Å²) in [6.45, 7) is 8.37. The molecular weight excluding hydrogens is 202 g/mol. The Bertz CT molecular complexity index is 331. The van der Waals surface area contributed by atoms with Crippen molar-refractivity contribution in [3.8, 4) is 0 Å². The minimum absolute atomic E-state index is 0.207. The zero-order valence-electron chi connectivity index (χ0n) is 10.6. The molecule has 1 rings (SSSR count). The average Bonchev–Trinajstić information content (AvgIpc) is 2.65. The van der Waals surface area contributed by atoms with Crippen LogP contribution >= 0.6 is 0 Å². The molecule has 1 heterocycles. The summed E-state index contributed by atoms with van der Waals surface area (Å²) >= 11 is 0. The number of nitrogens with two attached hydrogens (primary N) is 1. The van der Waals surface area contributed by atoms with Gasteiger partial charge in [-0.25, -0.2) is 4.98 Å². The number of hydrogen-bond acceptors (Lipinski definition) is 3. The number of nitrogens with zero attached hydrogens (tertiary/aromatic N) is 2. The molecule has 16 heavy (non-hydrogen) atoms. The Morgan fingerprint density at radius 3 is 2.62 bits per heavy atom. The Balaban J connectivity index is 2.80. The van der Waals surface area contributed by atoms with E-state index in [1.807, 2.05) is 12.4 Å². The van der Waals surface area contributed by atoms with Gasteiger partial charge in [0.1, 0.15) is 5.82 Å². The van der Waals surface area contributed by atoms with Crippen molar-refractivity contribution in [3.05, 3.63) is 18.2 Å². The largest absolute Gasteiger partial charge is 0.389 e. The summed E-state index contributed by atoms with van der Waals surface area (Å²) in [6.07, 6.45) is 4.41. The van der Waals surface area contributed by atoms with Gasteiger partial charge in [-0.3, -0.25) is 0 Å². The summed E-state index contributed by atoms with van der Waals surface area (Å²) in [6, 6.07) is 0.207.